The average Bonchev–Trinajstić information content (AvgIpc) is 3.14. The molecule has 0 bridgehead atoms. The minimum absolute atomic E-state index is 0.0655. The van der Waals surface area contributed by atoms with Crippen LogP contribution < -0.4 is 10.6 Å². The summed E-state index contributed by atoms with van der Waals surface area (Å²) in [7, 11) is 0. The number of nitrogens with two attached hydrogens (primary N) is 1. The molecule has 5 rings (SSSR count). The van der Waals surface area contributed by atoms with Crippen LogP contribution in [-0.4, -0.2) is 66.6 Å². The van der Waals surface area contributed by atoms with Crippen LogP contribution in [0.15, 0.2) is 24.4 Å². The molecule has 2 aromatic rings. The Labute approximate surface area is 201 Å². The highest BCUT2D eigenvalue weighted by Crippen LogP contribution is 2.39. The van der Waals surface area contributed by atoms with Gasteiger partial charge in [0.05, 0.1) is 24.5 Å². The molecule has 1 aliphatic carbocycles. The lowest BCUT2D eigenvalue weighted by molar-refractivity contribution is 0.0115. The van der Waals surface area contributed by atoms with Crippen LogP contribution in [0.5, 0.6) is 0 Å². The van der Waals surface area contributed by atoms with Crippen LogP contribution in [-0.2, 0) is 11.2 Å². The Balaban J connectivity index is 1.46. The fourth-order valence-corrected chi connectivity index (χ4v) is 6.06. The third-order valence-corrected chi connectivity index (χ3v) is 7.75. The van der Waals surface area contributed by atoms with E-state index in [9.17, 15) is 9.59 Å². The lowest BCUT2D eigenvalue weighted by Crippen LogP contribution is -2.49. The lowest BCUT2D eigenvalue weighted by Gasteiger charge is -2.41. The number of aryl methyl sites for hydroxylation is 1. The van der Waals surface area contributed by atoms with E-state index in [2.05, 4.69) is 40.5 Å². The molecule has 34 heavy (non-hydrogen) atoms. The van der Waals surface area contributed by atoms with Gasteiger partial charge in [0, 0.05) is 61.8 Å². The molecule has 7 heteroatoms. The lowest BCUT2D eigenvalue weighted by atomic mass is 9.75. The standard InChI is InChI=1S/C27H36N4O3/c1-18-17-31(23-15-27(2,3)16-24(32)25(18)23)20-4-5-21(26(28)33)22(14-20)30-8-6-19(7-9-30)29-10-12-34-13-11-29/h4-5,14,17,19H,6-13,15-16H2,1-3H3,(H2,28,33). The highest BCUT2D eigenvalue weighted by atomic mass is 16.5. The molecule has 2 fully saturated rings. The normalized spacial score (nSPS) is 21.5. The summed E-state index contributed by atoms with van der Waals surface area (Å²) in [6.07, 6.45) is 5.61. The maximum atomic E-state index is 12.9. The Morgan fingerprint density at radius 3 is 2.47 bits per heavy atom. The van der Waals surface area contributed by atoms with E-state index in [1.54, 1.807) is 0 Å². The fourth-order valence-electron chi connectivity index (χ4n) is 6.06. The summed E-state index contributed by atoms with van der Waals surface area (Å²) in [6.45, 7) is 11.7. The van der Waals surface area contributed by atoms with E-state index in [0.29, 0.717) is 18.0 Å². The van der Waals surface area contributed by atoms with Gasteiger partial charge in [-0.15, -0.1) is 0 Å². The van der Waals surface area contributed by atoms with E-state index < -0.39 is 5.91 Å². The summed E-state index contributed by atoms with van der Waals surface area (Å²) in [5, 5.41) is 0. The molecule has 2 N–H and O–H groups in total. The summed E-state index contributed by atoms with van der Waals surface area (Å²) in [5.74, 6) is -0.180. The van der Waals surface area contributed by atoms with Crippen molar-refractivity contribution in [2.45, 2.75) is 52.5 Å². The predicted octanol–water partition coefficient (Wildman–Crippen LogP) is 3.34. The maximum Gasteiger partial charge on any atom is 0.250 e. The minimum atomic E-state index is -0.404. The van der Waals surface area contributed by atoms with Crippen LogP contribution in [0.2, 0.25) is 0 Å². The van der Waals surface area contributed by atoms with Crippen molar-refractivity contribution in [3.8, 4) is 5.69 Å². The summed E-state index contributed by atoms with van der Waals surface area (Å²) in [6, 6.07) is 6.45. The number of amides is 1. The van der Waals surface area contributed by atoms with E-state index in [1.807, 2.05) is 19.1 Å². The number of morpholine rings is 1. The van der Waals surface area contributed by atoms with Crippen molar-refractivity contribution < 1.29 is 14.3 Å². The van der Waals surface area contributed by atoms with Crippen molar-refractivity contribution in [3.63, 3.8) is 0 Å². The summed E-state index contributed by atoms with van der Waals surface area (Å²) in [5.41, 5.74) is 11.1. The highest BCUT2D eigenvalue weighted by molar-refractivity contribution is 6.01. The monoisotopic (exact) mass is 464 g/mol. The minimum Gasteiger partial charge on any atom is -0.379 e. The second kappa shape index (κ2) is 8.86. The summed E-state index contributed by atoms with van der Waals surface area (Å²) < 4.78 is 7.66. The van der Waals surface area contributed by atoms with Gasteiger partial charge in [0.2, 0.25) is 0 Å². The zero-order chi connectivity index (χ0) is 24.0. The topological polar surface area (TPSA) is 80.8 Å². The Hall–Kier alpha value is -2.64. The quantitative estimate of drug-likeness (QED) is 0.751. The number of fused-ring (bicyclic) bond motifs is 1. The SMILES string of the molecule is Cc1cn(-c2ccc(C(N)=O)c(N3CCC(N4CCOCC4)CC3)c2)c2c1C(=O)CC(C)(C)C2. The third-order valence-electron chi connectivity index (χ3n) is 7.75. The van der Waals surface area contributed by atoms with Gasteiger partial charge < -0.3 is 19.9 Å². The maximum absolute atomic E-state index is 12.9. The Kier molecular flexibility index (Phi) is 6.02. The molecule has 0 atom stereocenters. The van der Waals surface area contributed by atoms with Gasteiger partial charge in [0.1, 0.15) is 0 Å². The number of piperidine rings is 1. The number of nitrogens with zero attached hydrogens (tertiary/aromatic N) is 3. The molecule has 182 valence electrons. The van der Waals surface area contributed by atoms with Crippen LogP contribution in [0.4, 0.5) is 5.69 Å². The van der Waals surface area contributed by atoms with E-state index in [-0.39, 0.29) is 11.2 Å². The number of rotatable bonds is 4. The number of carbonyl (C=O) groups excluding carboxylic acids is 2. The molecule has 3 heterocycles. The van der Waals surface area contributed by atoms with Gasteiger partial charge in [-0.2, -0.15) is 0 Å². The van der Waals surface area contributed by atoms with Crippen LogP contribution in [0.25, 0.3) is 5.69 Å². The molecule has 0 unspecified atom stereocenters. The second-order valence-corrected chi connectivity index (χ2v) is 10.9. The van der Waals surface area contributed by atoms with Crippen molar-refractivity contribution in [2.75, 3.05) is 44.3 Å². The Morgan fingerprint density at radius 1 is 1.09 bits per heavy atom. The number of ketones is 1. The van der Waals surface area contributed by atoms with Gasteiger partial charge in [0.15, 0.2) is 5.78 Å². The Morgan fingerprint density at radius 2 is 1.79 bits per heavy atom. The molecule has 2 aliphatic heterocycles. The molecular formula is C27H36N4O3. The van der Waals surface area contributed by atoms with Gasteiger partial charge in [-0.25, -0.2) is 0 Å². The first-order valence-electron chi connectivity index (χ1n) is 12.5. The van der Waals surface area contributed by atoms with Crippen molar-refractivity contribution in [3.05, 3.63) is 46.8 Å². The summed E-state index contributed by atoms with van der Waals surface area (Å²) >= 11 is 0. The number of carbonyl (C=O) groups is 2. The number of anilines is 1. The molecule has 1 amide bonds. The van der Waals surface area contributed by atoms with E-state index >= 15 is 0 Å². The zero-order valence-electron chi connectivity index (χ0n) is 20.6. The number of hydrogen-bond donors (Lipinski definition) is 1. The molecule has 0 saturated carbocycles. The number of ether oxygens (including phenoxy) is 1. The van der Waals surface area contributed by atoms with Crippen LogP contribution >= 0.6 is 0 Å². The van der Waals surface area contributed by atoms with Gasteiger partial charge in [-0.3, -0.25) is 14.5 Å². The first-order valence-corrected chi connectivity index (χ1v) is 12.5. The fraction of sp³-hybridized carbons (Fsp3) is 0.556. The third kappa shape index (κ3) is 4.27. The van der Waals surface area contributed by atoms with E-state index in [4.69, 9.17) is 10.5 Å². The molecular weight excluding hydrogens is 428 g/mol. The van der Waals surface area contributed by atoms with Crippen LogP contribution in [0, 0.1) is 12.3 Å². The molecule has 0 spiro atoms. The first kappa shape index (κ1) is 23.1. The van der Waals surface area contributed by atoms with Crippen molar-refractivity contribution in [1.29, 1.82) is 0 Å². The van der Waals surface area contributed by atoms with Gasteiger partial charge in [-0.1, -0.05) is 13.8 Å². The molecule has 2 saturated heterocycles. The number of primary amides is 1. The number of benzene rings is 1. The van der Waals surface area contributed by atoms with Gasteiger partial charge in [-0.05, 0) is 55.4 Å². The molecule has 1 aromatic heterocycles. The second-order valence-electron chi connectivity index (χ2n) is 10.9. The molecule has 0 radical (unpaired) electrons. The molecule has 1 aromatic carbocycles. The molecule has 3 aliphatic rings. The van der Waals surface area contributed by atoms with E-state index in [1.165, 1.54) is 0 Å². The van der Waals surface area contributed by atoms with Crippen LogP contribution in [0.3, 0.4) is 0 Å². The number of hydrogen-bond acceptors (Lipinski definition) is 5. The van der Waals surface area contributed by atoms with Crippen molar-refractivity contribution in [1.82, 2.24) is 9.47 Å². The van der Waals surface area contributed by atoms with E-state index in [0.717, 1.165) is 86.9 Å². The number of Topliss-reactive ketones (excluding diaryl/α,β-unsaturated/α-hetero) is 1. The molecule has 7 nitrogen and oxygen atoms in total. The zero-order valence-corrected chi connectivity index (χ0v) is 20.6. The van der Waals surface area contributed by atoms with Gasteiger partial charge >= 0.3 is 0 Å². The highest BCUT2D eigenvalue weighted by Gasteiger charge is 2.35. The summed E-state index contributed by atoms with van der Waals surface area (Å²) in [4.78, 5) is 30.0. The Bertz CT molecular complexity index is 1110. The number of aromatic nitrogens is 1. The average molecular weight is 465 g/mol. The van der Waals surface area contributed by atoms with Crippen molar-refractivity contribution in [2.24, 2.45) is 11.1 Å². The largest absolute Gasteiger partial charge is 0.379 e. The van der Waals surface area contributed by atoms with Gasteiger partial charge in [0.25, 0.3) is 5.91 Å². The smallest absolute Gasteiger partial charge is 0.250 e. The van der Waals surface area contributed by atoms with Crippen LogP contribution in [0.1, 0.15) is 65.1 Å². The first-order chi connectivity index (χ1) is 16.2. The van der Waals surface area contributed by atoms with Crippen molar-refractivity contribution >= 4 is 17.4 Å². The predicted molar refractivity (Wildman–Crippen MR) is 133 cm³/mol.